The summed E-state index contributed by atoms with van der Waals surface area (Å²) in [6, 6.07) is 11.7. The van der Waals surface area contributed by atoms with Gasteiger partial charge in [-0.1, -0.05) is 31.2 Å². The van der Waals surface area contributed by atoms with Crippen molar-refractivity contribution in [3.8, 4) is 0 Å². The molecule has 2 heterocycles. The molecule has 0 radical (unpaired) electrons. The molecule has 7 heteroatoms. The van der Waals surface area contributed by atoms with E-state index in [-0.39, 0.29) is 12.1 Å². The van der Waals surface area contributed by atoms with Crippen LogP contribution in [0, 0.1) is 13.8 Å². The molecule has 1 N–H and O–H groups in total. The average Bonchev–Trinajstić information content (AvgIpc) is 3.06. The average molecular weight is 504 g/mol. The van der Waals surface area contributed by atoms with Crippen LogP contribution in [0.15, 0.2) is 47.4 Å². The fraction of sp³-hybridized carbons (Fsp3) is 0.345. The number of anilines is 2. The minimum absolute atomic E-state index is 0.0808. The number of imide groups is 1. The number of benzene rings is 2. The molecule has 0 saturated carbocycles. The standard InChI is InChI=1S/C29H33N3O3S/c1-7-12-32-24-13-19(3)21(14-22(24)20(4)16-29(32,5)6)15-25-27(34)31(28(35)36-25)17-26(33)30-23-11-9-8-10-18(23)2/h8-11,13-16H,7,12,17H2,1-6H3,(H,30,33)/b25-15+. The van der Waals surface area contributed by atoms with Crippen LogP contribution in [0.1, 0.15) is 56.4 Å². The molecule has 0 spiro atoms. The fourth-order valence-electron chi connectivity index (χ4n) is 4.86. The first kappa shape index (κ1) is 25.8. The summed E-state index contributed by atoms with van der Waals surface area (Å²) in [5.41, 5.74) is 6.94. The van der Waals surface area contributed by atoms with Gasteiger partial charge in [0.15, 0.2) is 0 Å². The van der Waals surface area contributed by atoms with Crippen molar-refractivity contribution in [3.63, 3.8) is 0 Å². The number of hydrogen-bond acceptors (Lipinski definition) is 5. The topological polar surface area (TPSA) is 69.7 Å². The molecule has 0 aliphatic carbocycles. The van der Waals surface area contributed by atoms with Crippen molar-refractivity contribution >= 4 is 51.8 Å². The Morgan fingerprint density at radius 3 is 2.50 bits per heavy atom. The van der Waals surface area contributed by atoms with E-state index in [2.05, 4.69) is 56.1 Å². The van der Waals surface area contributed by atoms with E-state index in [1.165, 1.54) is 11.3 Å². The number of para-hydroxylation sites is 1. The number of allylic oxidation sites excluding steroid dienone is 1. The summed E-state index contributed by atoms with van der Waals surface area (Å²) < 4.78 is 0. The largest absolute Gasteiger partial charge is 0.362 e. The van der Waals surface area contributed by atoms with Gasteiger partial charge in [0.25, 0.3) is 11.1 Å². The van der Waals surface area contributed by atoms with Crippen LogP contribution in [0.3, 0.4) is 0 Å². The Balaban J connectivity index is 1.58. The first-order chi connectivity index (χ1) is 17.0. The number of thioether (sulfide) groups is 1. The van der Waals surface area contributed by atoms with E-state index in [9.17, 15) is 14.4 Å². The monoisotopic (exact) mass is 503 g/mol. The Morgan fingerprint density at radius 1 is 1.08 bits per heavy atom. The van der Waals surface area contributed by atoms with Gasteiger partial charge >= 0.3 is 0 Å². The smallest absolute Gasteiger partial charge is 0.294 e. The van der Waals surface area contributed by atoms with Crippen molar-refractivity contribution < 1.29 is 14.4 Å². The molecular weight excluding hydrogens is 470 g/mol. The van der Waals surface area contributed by atoms with Crippen LogP contribution >= 0.6 is 11.8 Å². The van der Waals surface area contributed by atoms with Gasteiger partial charge in [-0.2, -0.15) is 0 Å². The molecule has 0 atom stereocenters. The van der Waals surface area contributed by atoms with Gasteiger partial charge in [-0.25, -0.2) is 0 Å². The van der Waals surface area contributed by atoms with E-state index in [0.717, 1.165) is 51.9 Å². The van der Waals surface area contributed by atoms with Crippen molar-refractivity contribution in [2.45, 2.75) is 53.5 Å². The highest BCUT2D eigenvalue weighted by molar-refractivity contribution is 8.18. The highest BCUT2D eigenvalue weighted by Gasteiger charge is 2.37. The number of nitrogens with zero attached hydrogens (tertiary/aromatic N) is 2. The second-order valence-corrected chi connectivity index (χ2v) is 11.0. The number of rotatable bonds is 6. The van der Waals surface area contributed by atoms with E-state index < -0.39 is 17.1 Å². The maximum Gasteiger partial charge on any atom is 0.294 e. The first-order valence-corrected chi connectivity index (χ1v) is 13.1. The summed E-state index contributed by atoms with van der Waals surface area (Å²) in [6.07, 6.45) is 5.10. The lowest BCUT2D eigenvalue weighted by Gasteiger charge is -2.43. The van der Waals surface area contributed by atoms with Crippen molar-refractivity contribution in [1.29, 1.82) is 0 Å². The molecule has 0 unspecified atom stereocenters. The molecule has 2 aromatic rings. The van der Waals surface area contributed by atoms with Gasteiger partial charge in [0, 0.05) is 23.5 Å². The lowest BCUT2D eigenvalue weighted by Crippen LogP contribution is -2.45. The van der Waals surface area contributed by atoms with Crippen LogP contribution in [0.5, 0.6) is 0 Å². The third-order valence-electron chi connectivity index (χ3n) is 6.69. The lowest BCUT2D eigenvalue weighted by molar-refractivity contribution is -0.127. The Bertz CT molecular complexity index is 1310. The van der Waals surface area contributed by atoms with E-state index in [4.69, 9.17) is 0 Å². The van der Waals surface area contributed by atoms with E-state index in [1.54, 1.807) is 12.1 Å². The number of fused-ring (bicyclic) bond motifs is 1. The first-order valence-electron chi connectivity index (χ1n) is 12.2. The molecule has 188 valence electrons. The zero-order chi connectivity index (χ0) is 26.2. The zero-order valence-corrected chi connectivity index (χ0v) is 22.6. The number of carbonyl (C=O) groups is 3. The van der Waals surface area contributed by atoms with Crippen LogP contribution in [0.4, 0.5) is 16.2 Å². The van der Waals surface area contributed by atoms with Crippen LogP contribution in [-0.2, 0) is 9.59 Å². The van der Waals surface area contributed by atoms with Gasteiger partial charge in [0.1, 0.15) is 6.54 Å². The zero-order valence-electron chi connectivity index (χ0n) is 21.8. The maximum absolute atomic E-state index is 13.1. The Morgan fingerprint density at radius 2 is 1.81 bits per heavy atom. The van der Waals surface area contributed by atoms with Crippen molar-refractivity contribution in [2.75, 3.05) is 23.3 Å². The molecule has 2 aliphatic rings. The molecule has 1 fully saturated rings. The molecule has 2 aromatic carbocycles. The van der Waals surface area contributed by atoms with Gasteiger partial charge in [-0.15, -0.1) is 0 Å². The Hall–Kier alpha value is -3.32. The highest BCUT2D eigenvalue weighted by atomic mass is 32.2. The Labute approximate surface area is 217 Å². The predicted molar refractivity (Wildman–Crippen MR) is 149 cm³/mol. The van der Waals surface area contributed by atoms with Gasteiger partial charge in [-0.05, 0) is 99.3 Å². The third-order valence-corrected chi connectivity index (χ3v) is 7.60. The van der Waals surface area contributed by atoms with Crippen molar-refractivity contribution in [1.82, 2.24) is 4.90 Å². The maximum atomic E-state index is 13.1. The Kier molecular flexibility index (Phi) is 7.14. The van der Waals surface area contributed by atoms with Gasteiger partial charge < -0.3 is 10.2 Å². The summed E-state index contributed by atoms with van der Waals surface area (Å²) in [4.78, 5) is 42.0. The lowest BCUT2D eigenvalue weighted by atomic mass is 9.86. The SMILES string of the molecule is CCCN1c2cc(C)c(/C=C3/SC(=O)N(CC(=O)Nc4ccccc4C)C3=O)cc2C(C)=CC1(C)C. The summed E-state index contributed by atoms with van der Waals surface area (Å²) in [6.45, 7) is 13.3. The van der Waals surface area contributed by atoms with Gasteiger partial charge in [0.2, 0.25) is 5.91 Å². The molecule has 0 bridgehead atoms. The number of nitrogens with one attached hydrogen (secondary N) is 1. The number of hydrogen-bond donors (Lipinski definition) is 1. The van der Waals surface area contributed by atoms with E-state index in [0.29, 0.717) is 10.6 Å². The van der Waals surface area contributed by atoms with Crippen LogP contribution in [0.2, 0.25) is 0 Å². The second kappa shape index (κ2) is 9.97. The van der Waals surface area contributed by atoms with Crippen molar-refractivity contribution in [2.24, 2.45) is 0 Å². The summed E-state index contributed by atoms with van der Waals surface area (Å²) >= 11 is 0.877. The van der Waals surface area contributed by atoms with Crippen LogP contribution in [0.25, 0.3) is 11.6 Å². The molecule has 4 rings (SSSR count). The summed E-state index contributed by atoms with van der Waals surface area (Å²) in [7, 11) is 0. The molecular formula is C29H33N3O3S. The normalized spacial score (nSPS) is 17.9. The molecule has 1 saturated heterocycles. The number of aryl methyl sites for hydroxylation is 2. The van der Waals surface area contributed by atoms with Gasteiger partial charge in [-0.3, -0.25) is 19.3 Å². The van der Waals surface area contributed by atoms with Crippen LogP contribution < -0.4 is 10.2 Å². The van der Waals surface area contributed by atoms with Gasteiger partial charge in [0.05, 0.1) is 10.4 Å². The second-order valence-electron chi connectivity index (χ2n) is 9.99. The van der Waals surface area contributed by atoms with E-state index in [1.807, 2.05) is 32.0 Å². The van der Waals surface area contributed by atoms with E-state index >= 15 is 0 Å². The quantitative estimate of drug-likeness (QED) is 0.463. The van der Waals surface area contributed by atoms with Crippen LogP contribution in [-0.4, -0.2) is 40.6 Å². The minimum Gasteiger partial charge on any atom is -0.362 e. The minimum atomic E-state index is -0.442. The summed E-state index contributed by atoms with van der Waals surface area (Å²) in [5, 5.41) is 2.35. The molecule has 6 nitrogen and oxygen atoms in total. The third kappa shape index (κ3) is 4.98. The number of carbonyl (C=O) groups excluding carboxylic acids is 3. The highest BCUT2D eigenvalue weighted by Crippen LogP contribution is 2.41. The fourth-order valence-corrected chi connectivity index (χ4v) is 5.69. The molecule has 3 amide bonds. The summed E-state index contributed by atoms with van der Waals surface area (Å²) in [5.74, 6) is -0.847. The molecule has 0 aromatic heterocycles. The number of amides is 3. The predicted octanol–water partition coefficient (Wildman–Crippen LogP) is 6.39. The molecule has 36 heavy (non-hydrogen) atoms. The molecule has 2 aliphatic heterocycles. The van der Waals surface area contributed by atoms with Crippen molar-refractivity contribution in [3.05, 3.63) is 69.6 Å².